The number of aliphatic carboxylic acids is 1. The Bertz CT molecular complexity index is 631. The third-order valence-electron chi connectivity index (χ3n) is 2.72. The number of carboxylic acid groups (broad SMARTS) is 1. The molecule has 0 aromatic heterocycles. The lowest BCUT2D eigenvalue weighted by molar-refractivity contribution is -0.140. The van der Waals surface area contributed by atoms with Gasteiger partial charge in [-0.15, -0.1) is 0 Å². The van der Waals surface area contributed by atoms with E-state index in [1.54, 1.807) is 13.8 Å². The molecule has 20 heavy (non-hydrogen) atoms. The zero-order valence-electron chi connectivity index (χ0n) is 11.1. The number of nitrogens with one attached hydrogen (secondary N) is 1. The summed E-state index contributed by atoms with van der Waals surface area (Å²) in [6.07, 6.45) is 0. The summed E-state index contributed by atoms with van der Waals surface area (Å²) in [5, 5.41) is 9.03. The molecule has 0 spiro atoms. The molecule has 1 atom stereocenters. The second-order valence-electron chi connectivity index (χ2n) is 4.71. The maximum atomic E-state index is 13.3. The minimum atomic E-state index is -4.05. The fraction of sp³-hybridized carbons (Fsp3) is 0.417. The Morgan fingerprint density at radius 3 is 2.40 bits per heavy atom. The molecule has 0 fully saturated rings. The van der Waals surface area contributed by atoms with Crippen LogP contribution < -0.4 is 4.72 Å². The Labute approximate surface area is 125 Å². The third kappa shape index (κ3) is 3.77. The van der Waals surface area contributed by atoms with Crippen molar-refractivity contribution in [3.63, 3.8) is 0 Å². The molecule has 0 aliphatic heterocycles. The SMILES string of the molecule is Cc1cc(F)c(Br)cc1S(=O)(=O)N[C@H](C(=O)O)C(C)C. The van der Waals surface area contributed by atoms with Crippen molar-refractivity contribution in [1.82, 2.24) is 4.72 Å². The van der Waals surface area contributed by atoms with Crippen LogP contribution in [0.3, 0.4) is 0 Å². The molecular formula is C12H15BrFNO4S. The van der Waals surface area contributed by atoms with Gasteiger partial charge >= 0.3 is 5.97 Å². The molecule has 5 nitrogen and oxygen atoms in total. The molecule has 8 heteroatoms. The van der Waals surface area contributed by atoms with Gasteiger partial charge in [0.15, 0.2) is 0 Å². The van der Waals surface area contributed by atoms with E-state index in [-0.39, 0.29) is 14.9 Å². The van der Waals surface area contributed by atoms with E-state index in [0.29, 0.717) is 0 Å². The van der Waals surface area contributed by atoms with Crippen LogP contribution >= 0.6 is 15.9 Å². The highest BCUT2D eigenvalue weighted by atomic mass is 79.9. The fourth-order valence-corrected chi connectivity index (χ4v) is 3.70. The van der Waals surface area contributed by atoms with E-state index >= 15 is 0 Å². The number of hydrogen-bond acceptors (Lipinski definition) is 3. The Morgan fingerprint density at radius 2 is 1.95 bits per heavy atom. The summed E-state index contributed by atoms with van der Waals surface area (Å²) < 4.78 is 39.9. The van der Waals surface area contributed by atoms with Gasteiger partial charge in [0.1, 0.15) is 11.9 Å². The highest BCUT2D eigenvalue weighted by molar-refractivity contribution is 9.10. The molecule has 0 radical (unpaired) electrons. The molecule has 0 aliphatic rings. The van der Waals surface area contributed by atoms with Crippen LogP contribution in [0.15, 0.2) is 21.5 Å². The Balaban J connectivity index is 3.24. The number of carbonyl (C=O) groups is 1. The first-order chi connectivity index (χ1) is 9.06. The van der Waals surface area contributed by atoms with Crippen LogP contribution in [-0.4, -0.2) is 25.5 Å². The Hall–Kier alpha value is -0.990. The first-order valence-corrected chi connectivity index (χ1v) is 8.04. The van der Waals surface area contributed by atoms with Gasteiger partial charge < -0.3 is 5.11 Å². The summed E-state index contributed by atoms with van der Waals surface area (Å²) in [4.78, 5) is 10.9. The van der Waals surface area contributed by atoms with E-state index in [2.05, 4.69) is 20.7 Å². The standard InChI is InChI=1S/C12H15BrFNO4S/c1-6(2)11(12(16)17)15-20(18,19)10-5-8(13)9(14)4-7(10)3/h4-6,11,15H,1-3H3,(H,16,17)/t11-/m0/s1. The van der Waals surface area contributed by atoms with Crippen LogP contribution in [0, 0.1) is 18.7 Å². The van der Waals surface area contributed by atoms with Gasteiger partial charge in [-0.3, -0.25) is 4.79 Å². The number of halogens is 2. The second kappa shape index (κ2) is 6.19. The third-order valence-corrected chi connectivity index (χ3v) is 4.91. The summed E-state index contributed by atoms with van der Waals surface area (Å²) >= 11 is 2.91. The van der Waals surface area contributed by atoms with Crippen LogP contribution in [-0.2, 0) is 14.8 Å². The average Bonchev–Trinajstić information content (AvgIpc) is 2.30. The van der Waals surface area contributed by atoms with Crippen LogP contribution in [0.25, 0.3) is 0 Å². The highest BCUT2D eigenvalue weighted by Crippen LogP contribution is 2.24. The van der Waals surface area contributed by atoms with Gasteiger partial charge in [-0.1, -0.05) is 13.8 Å². The maximum absolute atomic E-state index is 13.3. The minimum absolute atomic E-state index is 0.0000954. The Morgan fingerprint density at radius 1 is 1.40 bits per heavy atom. The van der Waals surface area contributed by atoms with Crippen molar-refractivity contribution in [2.24, 2.45) is 5.92 Å². The minimum Gasteiger partial charge on any atom is -0.480 e. The summed E-state index contributed by atoms with van der Waals surface area (Å²) in [6.45, 7) is 4.62. The predicted octanol–water partition coefficient (Wildman–Crippen LogP) is 2.28. The van der Waals surface area contributed by atoms with Gasteiger partial charge in [0.25, 0.3) is 0 Å². The van der Waals surface area contributed by atoms with Gasteiger partial charge in [-0.2, -0.15) is 4.72 Å². The number of aryl methyl sites for hydroxylation is 1. The Kier molecular flexibility index (Phi) is 5.28. The van der Waals surface area contributed by atoms with E-state index in [9.17, 15) is 17.6 Å². The van der Waals surface area contributed by atoms with Gasteiger partial charge in [-0.25, -0.2) is 12.8 Å². The number of sulfonamides is 1. The molecule has 0 aliphatic carbocycles. The normalized spacial score (nSPS) is 13.5. The molecule has 1 aromatic rings. The summed E-state index contributed by atoms with van der Waals surface area (Å²) in [6, 6.07) is 0.943. The second-order valence-corrected chi connectivity index (χ2v) is 7.25. The van der Waals surface area contributed by atoms with Crippen molar-refractivity contribution >= 4 is 31.9 Å². The molecule has 112 valence electrons. The van der Waals surface area contributed by atoms with Gasteiger partial charge in [-0.05, 0) is 46.5 Å². The molecule has 0 saturated carbocycles. The molecule has 0 saturated heterocycles. The van der Waals surface area contributed by atoms with E-state index < -0.39 is 33.8 Å². The lowest BCUT2D eigenvalue weighted by atomic mass is 10.1. The monoisotopic (exact) mass is 367 g/mol. The zero-order valence-corrected chi connectivity index (χ0v) is 13.5. The molecule has 0 amide bonds. The number of carboxylic acids is 1. The smallest absolute Gasteiger partial charge is 0.322 e. The molecule has 1 rings (SSSR count). The van der Waals surface area contributed by atoms with Crippen molar-refractivity contribution in [3.8, 4) is 0 Å². The largest absolute Gasteiger partial charge is 0.480 e. The van der Waals surface area contributed by atoms with E-state index in [1.807, 2.05) is 0 Å². The van der Waals surface area contributed by atoms with E-state index in [4.69, 9.17) is 5.11 Å². The topological polar surface area (TPSA) is 83.5 Å². The quantitative estimate of drug-likeness (QED) is 0.835. The summed E-state index contributed by atoms with van der Waals surface area (Å²) in [5.41, 5.74) is 0.200. The maximum Gasteiger partial charge on any atom is 0.322 e. The summed E-state index contributed by atoms with van der Waals surface area (Å²) in [5.74, 6) is -2.27. The number of rotatable bonds is 5. The van der Waals surface area contributed by atoms with Crippen LogP contribution in [0.5, 0.6) is 0 Å². The van der Waals surface area contributed by atoms with Crippen molar-refractivity contribution in [2.75, 3.05) is 0 Å². The zero-order chi connectivity index (χ0) is 15.7. The lowest BCUT2D eigenvalue weighted by Crippen LogP contribution is -2.44. The molecule has 0 bridgehead atoms. The predicted molar refractivity (Wildman–Crippen MR) is 75.4 cm³/mol. The highest BCUT2D eigenvalue weighted by Gasteiger charge is 2.29. The van der Waals surface area contributed by atoms with Crippen LogP contribution in [0.2, 0.25) is 0 Å². The average molecular weight is 368 g/mol. The fourth-order valence-electron chi connectivity index (χ4n) is 1.62. The van der Waals surface area contributed by atoms with Crippen LogP contribution in [0.1, 0.15) is 19.4 Å². The molecule has 0 heterocycles. The first kappa shape index (κ1) is 17.1. The lowest BCUT2D eigenvalue weighted by Gasteiger charge is -2.19. The molecule has 0 unspecified atom stereocenters. The summed E-state index contributed by atoms with van der Waals surface area (Å²) in [7, 11) is -4.05. The van der Waals surface area contributed by atoms with E-state index in [1.165, 1.54) is 6.92 Å². The van der Waals surface area contributed by atoms with Crippen molar-refractivity contribution < 1.29 is 22.7 Å². The molecule has 1 aromatic carbocycles. The molecule has 2 N–H and O–H groups in total. The van der Waals surface area contributed by atoms with Crippen LogP contribution in [0.4, 0.5) is 4.39 Å². The van der Waals surface area contributed by atoms with Gasteiger partial charge in [0.2, 0.25) is 10.0 Å². The van der Waals surface area contributed by atoms with Crippen molar-refractivity contribution in [3.05, 3.63) is 28.0 Å². The van der Waals surface area contributed by atoms with Crippen molar-refractivity contribution in [1.29, 1.82) is 0 Å². The molecular weight excluding hydrogens is 353 g/mol. The number of hydrogen-bond donors (Lipinski definition) is 2. The first-order valence-electron chi connectivity index (χ1n) is 5.77. The van der Waals surface area contributed by atoms with Gasteiger partial charge in [0, 0.05) is 0 Å². The van der Waals surface area contributed by atoms with E-state index in [0.717, 1.165) is 12.1 Å². The number of benzene rings is 1. The van der Waals surface area contributed by atoms with Crippen molar-refractivity contribution in [2.45, 2.75) is 31.7 Å². The van der Waals surface area contributed by atoms with Gasteiger partial charge in [0.05, 0.1) is 9.37 Å².